The molecule has 102 valence electrons. The maximum absolute atomic E-state index is 13.1. The van der Waals surface area contributed by atoms with E-state index in [0.29, 0.717) is 12.0 Å². The lowest BCUT2D eigenvalue weighted by atomic mass is 9.95. The fraction of sp³-hybridized carbons (Fsp3) is 0.533. The van der Waals surface area contributed by atoms with Crippen LogP contribution in [0.25, 0.3) is 0 Å². The van der Waals surface area contributed by atoms with Crippen molar-refractivity contribution in [2.75, 3.05) is 0 Å². The lowest BCUT2D eigenvalue weighted by Crippen LogP contribution is -2.12. The van der Waals surface area contributed by atoms with Crippen LogP contribution in [0.3, 0.4) is 0 Å². The number of benzene rings is 1. The van der Waals surface area contributed by atoms with E-state index in [1.54, 1.807) is 0 Å². The van der Waals surface area contributed by atoms with Crippen molar-refractivity contribution in [1.29, 1.82) is 0 Å². The molecule has 3 rings (SSSR count). The first-order valence-electron chi connectivity index (χ1n) is 6.77. The number of carbonyl (C=O) groups excluding carboxylic acids is 1. The Morgan fingerprint density at radius 1 is 1.32 bits per heavy atom. The third kappa shape index (κ3) is 2.68. The molecule has 1 aromatic carbocycles. The van der Waals surface area contributed by atoms with Crippen molar-refractivity contribution in [3.63, 3.8) is 0 Å². The summed E-state index contributed by atoms with van der Waals surface area (Å²) >= 11 is 0. The van der Waals surface area contributed by atoms with Crippen molar-refractivity contribution in [1.82, 2.24) is 5.32 Å². The summed E-state index contributed by atoms with van der Waals surface area (Å²) in [4.78, 5) is 12.1. The number of halogens is 2. The highest BCUT2D eigenvalue weighted by atomic mass is 19.3. The van der Waals surface area contributed by atoms with Crippen LogP contribution in [-0.4, -0.2) is 11.7 Å². The van der Waals surface area contributed by atoms with E-state index in [4.69, 9.17) is 0 Å². The van der Waals surface area contributed by atoms with E-state index < -0.39 is 5.92 Å². The minimum Gasteiger partial charge on any atom is -0.309 e. The molecule has 1 saturated carbocycles. The molecular formula is C15H17F2NO. The average Bonchev–Trinajstić information content (AvgIpc) is 2.94. The predicted molar refractivity (Wildman–Crippen MR) is 68.2 cm³/mol. The van der Waals surface area contributed by atoms with Crippen LogP contribution in [-0.2, 0) is 13.1 Å². The second-order valence-electron chi connectivity index (χ2n) is 5.68. The van der Waals surface area contributed by atoms with Gasteiger partial charge in [0.2, 0.25) is 5.92 Å². The van der Waals surface area contributed by atoms with Crippen molar-refractivity contribution in [3.8, 4) is 0 Å². The predicted octanol–water partition coefficient (Wildman–Crippen LogP) is 3.30. The molecule has 2 aliphatic rings. The minimum atomic E-state index is -2.56. The number of ketones is 1. The van der Waals surface area contributed by atoms with Crippen LogP contribution in [0.5, 0.6) is 0 Å². The van der Waals surface area contributed by atoms with Gasteiger partial charge in [-0.2, -0.15) is 0 Å². The molecule has 1 atom stereocenters. The highest BCUT2D eigenvalue weighted by Gasteiger charge is 2.39. The van der Waals surface area contributed by atoms with E-state index >= 15 is 0 Å². The summed E-state index contributed by atoms with van der Waals surface area (Å²) in [6.45, 7) is 1.64. The number of hydrogen-bond donors (Lipinski definition) is 1. The Bertz CT molecular complexity index is 513. The fourth-order valence-electron chi connectivity index (χ4n) is 3.06. The summed E-state index contributed by atoms with van der Waals surface area (Å²) in [5.74, 6) is -2.72. The van der Waals surface area contributed by atoms with Gasteiger partial charge in [0.1, 0.15) is 0 Å². The minimum absolute atomic E-state index is 0.00241. The highest BCUT2D eigenvalue weighted by molar-refractivity contribution is 5.96. The maximum atomic E-state index is 13.1. The molecule has 1 aromatic rings. The molecule has 1 unspecified atom stereocenters. The first-order valence-corrected chi connectivity index (χ1v) is 6.77. The van der Waals surface area contributed by atoms with E-state index in [0.717, 1.165) is 18.7 Å². The quantitative estimate of drug-likeness (QED) is 0.850. The van der Waals surface area contributed by atoms with Gasteiger partial charge >= 0.3 is 0 Å². The SMILES string of the molecule is O=C(CC1CCC(F)(F)C1)c1ccc2c(c1)CNC2. The standard InChI is InChI=1S/C15H17F2NO/c16-15(17)4-3-10(7-15)5-14(19)11-1-2-12-8-18-9-13(12)6-11/h1-2,6,10,18H,3-5,7-9H2. The average molecular weight is 265 g/mol. The Balaban J connectivity index is 1.68. The third-order valence-corrected chi connectivity index (χ3v) is 4.14. The van der Waals surface area contributed by atoms with Gasteiger partial charge in [0, 0.05) is 37.9 Å². The van der Waals surface area contributed by atoms with Crippen LogP contribution in [0, 0.1) is 5.92 Å². The van der Waals surface area contributed by atoms with E-state index in [2.05, 4.69) is 5.32 Å². The Kier molecular flexibility index (Phi) is 3.13. The zero-order valence-electron chi connectivity index (χ0n) is 10.7. The first kappa shape index (κ1) is 12.7. The fourth-order valence-corrected chi connectivity index (χ4v) is 3.06. The molecule has 1 heterocycles. The molecule has 1 aliphatic heterocycles. The smallest absolute Gasteiger partial charge is 0.248 e. The molecule has 0 radical (unpaired) electrons. The van der Waals surface area contributed by atoms with Gasteiger partial charge in [-0.15, -0.1) is 0 Å². The van der Waals surface area contributed by atoms with Gasteiger partial charge < -0.3 is 5.32 Å². The number of alkyl halides is 2. The van der Waals surface area contributed by atoms with E-state index in [-0.39, 0.29) is 31.0 Å². The Labute approximate surface area is 111 Å². The molecule has 4 heteroatoms. The van der Waals surface area contributed by atoms with Crippen LogP contribution < -0.4 is 5.32 Å². The topological polar surface area (TPSA) is 29.1 Å². The maximum Gasteiger partial charge on any atom is 0.248 e. The molecule has 1 fully saturated rings. The number of Topliss-reactive ketones (excluding diaryl/α,β-unsaturated/α-hetero) is 1. The Hall–Kier alpha value is -1.29. The zero-order valence-corrected chi connectivity index (χ0v) is 10.7. The summed E-state index contributed by atoms with van der Waals surface area (Å²) in [5.41, 5.74) is 3.05. The van der Waals surface area contributed by atoms with E-state index in [1.165, 1.54) is 5.56 Å². The molecular weight excluding hydrogens is 248 g/mol. The zero-order chi connectivity index (χ0) is 13.5. The van der Waals surface area contributed by atoms with Gasteiger partial charge in [-0.05, 0) is 29.5 Å². The summed E-state index contributed by atoms with van der Waals surface area (Å²) in [5, 5.41) is 3.23. The first-order chi connectivity index (χ1) is 9.03. The Morgan fingerprint density at radius 2 is 2.11 bits per heavy atom. The number of nitrogens with one attached hydrogen (secondary N) is 1. The van der Waals surface area contributed by atoms with E-state index in [9.17, 15) is 13.6 Å². The van der Waals surface area contributed by atoms with Crippen LogP contribution in [0.4, 0.5) is 8.78 Å². The summed E-state index contributed by atoms with van der Waals surface area (Å²) in [6.07, 6.45) is 0.511. The number of fused-ring (bicyclic) bond motifs is 1. The van der Waals surface area contributed by atoms with Crippen LogP contribution in [0.2, 0.25) is 0 Å². The molecule has 0 aromatic heterocycles. The van der Waals surface area contributed by atoms with Crippen LogP contribution >= 0.6 is 0 Å². The summed E-state index contributed by atoms with van der Waals surface area (Å²) < 4.78 is 26.2. The molecule has 0 spiro atoms. The van der Waals surface area contributed by atoms with Crippen LogP contribution in [0.1, 0.15) is 47.2 Å². The summed E-state index contributed by atoms with van der Waals surface area (Å²) in [6, 6.07) is 5.69. The summed E-state index contributed by atoms with van der Waals surface area (Å²) in [7, 11) is 0. The van der Waals surface area contributed by atoms with Crippen molar-refractivity contribution in [2.45, 2.75) is 44.7 Å². The van der Waals surface area contributed by atoms with Crippen LogP contribution in [0.15, 0.2) is 18.2 Å². The molecule has 0 bridgehead atoms. The molecule has 0 amide bonds. The molecule has 1 aliphatic carbocycles. The molecule has 19 heavy (non-hydrogen) atoms. The molecule has 2 nitrogen and oxygen atoms in total. The van der Waals surface area contributed by atoms with Gasteiger partial charge in [0.05, 0.1) is 0 Å². The van der Waals surface area contributed by atoms with Gasteiger partial charge in [-0.3, -0.25) is 4.79 Å². The molecule has 0 saturated heterocycles. The Morgan fingerprint density at radius 3 is 2.84 bits per heavy atom. The second-order valence-corrected chi connectivity index (χ2v) is 5.68. The van der Waals surface area contributed by atoms with E-state index in [1.807, 2.05) is 18.2 Å². The third-order valence-electron chi connectivity index (χ3n) is 4.14. The van der Waals surface area contributed by atoms with Crippen molar-refractivity contribution >= 4 is 5.78 Å². The lowest BCUT2D eigenvalue weighted by molar-refractivity contribution is 0.00497. The second kappa shape index (κ2) is 4.67. The van der Waals surface area contributed by atoms with Gasteiger partial charge in [0.25, 0.3) is 0 Å². The van der Waals surface area contributed by atoms with Gasteiger partial charge in [-0.25, -0.2) is 8.78 Å². The molecule has 1 N–H and O–H groups in total. The lowest BCUT2D eigenvalue weighted by Gasteiger charge is -2.10. The number of rotatable bonds is 3. The highest BCUT2D eigenvalue weighted by Crippen LogP contribution is 2.40. The van der Waals surface area contributed by atoms with Gasteiger partial charge in [0.15, 0.2) is 5.78 Å². The largest absolute Gasteiger partial charge is 0.309 e. The normalized spacial score (nSPS) is 24.4. The monoisotopic (exact) mass is 265 g/mol. The van der Waals surface area contributed by atoms with Crippen molar-refractivity contribution in [2.24, 2.45) is 5.92 Å². The van der Waals surface area contributed by atoms with Crippen molar-refractivity contribution < 1.29 is 13.6 Å². The number of carbonyl (C=O) groups is 1. The number of hydrogen-bond acceptors (Lipinski definition) is 2. The van der Waals surface area contributed by atoms with Crippen molar-refractivity contribution in [3.05, 3.63) is 34.9 Å². The van der Waals surface area contributed by atoms with Gasteiger partial charge in [-0.1, -0.05) is 12.1 Å².